The summed E-state index contributed by atoms with van der Waals surface area (Å²) in [5.74, 6) is -1.53. The minimum atomic E-state index is -0.725. The number of amides is 1. The molecule has 0 radical (unpaired) electrons. The quantitative estimate of drug-likeness (QED) is 0.473. The number of nitrogens with zero attached hydrogens (tertiary/aromatic N) is 3. The highest BCUT2D eigenvalue weighted by molar-refractivity contribution is 6.50. The molecule has 0 fully saturated rings. The highest BCUT2D eigenvalue weighted by atomic mass is 35.5. The minimum Gasteiger partial charge on any atom is -0.458 e. The lowest BCUT2D eigenvalue weighted by Crippen LogP contribution is -2.35. The Hall–Kier alpha value is -3.04. The number of carbonyl (C=O) groups is 4. The predicted molar refractivity (Wildman–Crippen MR) is 117 cm³/mol. The van der Waals surface area contributed by atoms with E-state index in [-0.39, 0.29) is 51.7 Å². The fourth-order valence-electron chi connectivity index (χ4n) is 3.12. The van der Waals surface area contributed by atoms with Gasteiger partial charge in [-0.05, 0) is 18.6 Å². The van der Waals surface area contributed by atoms with Crippen LogP contribution in [0, 0.1) is 0 Å². The normalized spacial score (nSPS) is 17.5. The monoisotopic (exact) mass is 479 g/mol. The number of benzene rings is 1. The average Bonchev–Trinajstić information content (AvgIpc) is 2.72. The first-order chi connectivity index (χ1) is 15.1. The molecule has 0 saturated heterocycles. The van der Waals surface area contributed by atoms with Crippen molar-refractivity contribution in [3.63, 3.8) is 0 Å². The van der Waals surface area contributed by atoms with E-state index in [2.05, 4.69) is 10.1 Å². The van der Waals surface area contributed by atoms with Gasteiger partial charge in [-0.25, -0.2) is 10.0 Å². The van der Waals surface area contributed by atoms with Crippen LogP contribution in [-0.2, 0) is 23.9 Å². The second-order valence-corrected chi connectivity index (χ2v) is 7.84. The number of Topliss-reactive ketones (excluding diaryl/α,β-unsaturated/α-hetero) is 2. The van der Waals surface area contributed by atoms with Crippen molar-refractivity contribution in [2.24, 2.45) is 10.1 Å². The molecule has 3 rings (SSSR count). The van der Waals surface area contributed by atoms with E-state index in [9.17, 15) is 19.2 Å². The number of ether oxygens (including phenoxy) is 2. The third-order valence-corrected chi connectivity index (χ3v) is 5.23. The molecule has 0 saturated carbocycles. The number of hydrogen-bond acceptors (Lipinski definition) is 8. The Bertz CT molecular complexity index is 1090. The number of dihydropyridines is 1. The Morgan fingerprint density at radius 3 is 2.44 bits per heavy atom. The molecule has 1 atom stereocenters. The lowest BCUT2D eigenvalue weighted by Gasteiger charge is -2.21. The van der Waals surface area contributed by atoms with E-state index in [1.807, 2.05) is 0 Å². The summed E-state index contributed by atoms with van der Waals surface area (Å²) in [4.78, 5) is 51.5. The van der Waals surface area contributed by atoms with Crippen molar-refractivity contribution < 1.29 is 28.7 Å². The van der Waals surface area contributed by atoms with Crippen LogP contribution in [0.2, 0.25) is 10.0 Å². The molecule has 11 heteroatoms. The van der Waals surface area contributed by atoms with Crippen molar-refractivity contribution in [3.8, 4) is 5.75 Å². The van der Waals surface area contributed by atoms with Crippen LogP contribution in [0.25, 0.3) is 0 Å². The maximum Gasteiger partial charge on any atom is 0.303 e. The standard InChI is InChI=1S/C21H19Cl2N3O6/c1-4-17(31-10(2)27)12-7-18(24-9-16(12)29)32-21-13(22)5-11(6-14(21)23)20-15(28)8-19(30)26(3)25-20/h5-7,17H,4,8-9H2,1-3H3. The summed E-state index contributed by atoms with van der Waals surface area (Å²) < 4.78 is 10.9. The summed E-state index contributed by atoms with van der Waals surface area (Å²) >= 11 is 12.7. The van der Waals surface area contributed by atoms with E-state index >= 15 is 0 Å². The molecule has 0 bridgehead atoms. The molecule has 0 aliphatic carbocycles. The lowest BCUT2D eigenvalue weighted by molar-refractivity contribution is -0.145. The molecule has 1 aromatic carbocycles. The highest BCUT2D eigenvalue weighted by Crippen LogP contribution is 2.35. The topological polar surface area (TPSA) is 115 Å². The van der Waals surface area contributed by atoms with E-state index in [0.29, 0.717) is 12.0 Å². The van der Waals surface area contributed by atoms with Crippen LogP contribution in [0.4, 0.5) is 0 Å². The maximum atomic E-state index is 12.3. The van der Waals surface area contributed by atoms with Crippen LogP contribution >= 0.6 is 23.2 Å². The largest absolute Gasteiger partial charge is 0.458 e. The van der Waals surface area contributed by atoms with Crippen molar-refractivity contribution >= 4 is 58.3 Å². The first-order valence-corrected chi connectivity index (χ1v) is 10.4. The minimum absolute atomic E-state index is 0.0532. The Balaban J connectivity index is 1.89. The molecule has 0 spiro atoms. The molecular formula is C21H19Cl2N3O6. The average molecular weight is 480 g/mol. The van der Waals surface area contributed by atoms with Crippen LogP contribution in [-0.4, -0.2) is 59.8 Å². The van der Waals surface area contributed by atoms with Crippen LogP contribution in [0.1, 0.15) is 32.3 Å². The molecule has 0 N–H and O–H groups in total. The molecule has 1 aromatic rings. The molecule has 0 aromatic heterocycles. The first kappa shape index (κ1) is 23.6. The second kappa shape index (κ2) is 9.62. The van der Waals surface area contributed by atoms with Gasteiger partial charge in [0.1, 0.15) is 18.4 Å². The lowest BCUT2D eigenvalue weighted by atomic mass is 10.0. The van der Waals surface area contributed by atoms with Gasteiger partial charge in [0, 0.05) is 31.2 Å². The smallest absolute Gasteiger partial charge is 0.303 e. The Morgan fingerprint density at radius 2 is 1.84 bits per heavy atom. The number of hydrogen-bond donors (Lipinski definition) is 0. The van der Waals surface area contributed by atoms with Crippen molar-refractivity contribution in [1.82, 2.24) is 5.01 Å². The zero-order chi connectivity index (χ0) is 23.6. The molecule has 2 aliphatic heterocycles. The summed E-state index contributed by atoms with van der Waals surface area (Å²) in [6, 6.07) is 2.88. The molecule has 168 valence electrons. The number of ketones is 2. The molecule has 1 amide bonds. The van der Waals surface area contributed by atoms with Gasteiger partial charge >= 0.3 is 5.97 Å². The van der Waals surface area contributed by atoms with E-state index in [0.717, 1.165) is 5.01 Å². The van der Waals surface area contributed by atoms with Crippen molar-refractivity contribution in [2.45, 2.75) is 32.8 Å². The molecule has 1 unspecified atom stereocenters. The Morgan fingerprint density at radius 1 is 1.19 bits per heavy atom. The van der Waals surface area contributed by atoms with Gasteiger partial charge in [-0.3, -0.25) is 19.2 Å². The van der Waals surface area contributed by atoms with E-state index < -0.39 is 23.8 Å². The summed E-state index contributed by atoms with van der Waals surface area (Å²) in [7, 11) is 1.45. The number of rotatable bonds is 5. The molecule has 32 heavy (non-hydrogen) atoms. The van der Waals surface area contributed by atoms with Crippen LogP contribution < -0.4 is 4.74 Å². The van der Waals surface area contributed by atoms with Gasteiger partial charge in [0.05, 0.1) is 16.5 Å². The molecule has 2 aliphatic rings. The van der Waals surface area contributed by atoms with Crippen molar-refractivity contribution in [3.05, 3.63) is 39.4 Å². The van der Waals surface area contributed by atoms with Crippen LogP contribution in [0.3, 0.4) is 0 Å². The van der Waals surface area contributed by atoms with Gasteiger partial charge in [0.2, 0.25) is 11.8 Å². The molecule has 9 nitrogen and oxygen atoms in total. The number of aliphatic imine (C=N–C) groups is 1. The van der Waals surface area contributed by atoms with E-state index in [4.69, 9.17) is 32.7 Å². The zero-order valence-corrected chi connectivity index (χ0v) is 19.0. The van der Waals surface area contributed by atoms with Crippen LogP contribution in [0.5, 0.6) is 5.75 Å². The van der Waals surface area contributed by atoms with Gasteiger partial charge in [-0.1, -0.05) is 30.1 Å². The summed E-state index contributed by atoms with van der Waals surface area (Å²) in [5.41, 5.74) is 0.637. The number of halogens is 2. The first-order valence-electron chi connectivity index (χ1n) is 9.62. The van der Waals surface area contributed by atoms with Gasteiger partial charge in [-0.2, -0.15) is 5.10 Å². The Kier molecular flexibility index (Phi) is 7.10. The van der Waals surface area contributed by atoms with Crippen molar-refractivity contribution in [1.29, 1.82) is 0 Å². The molecular weight excluding hydrogens is 461 g/mol. The predicted octanol–water partition coefficient (Wildman–Crippen LogP) is 2.76. The van der Waals surface area contributed by atoms with E-state index in [1.54, 1.807) is 6.92 Å². The SMILES string of the molecule is CCC(OC(C)=O)C1=CC(Oc2c(Cl)cc(C3=NN(C)C(=O)CC3=O)cc2Cl)=NCC1=O. The van der Waals surface area contributed by atoms with Gasteiger partial charge < -0.3 is 9.47 Å². The van der Waals surface area contributed by atoms with Gasteiger partial charge in [-0.15, -0.1) is 0 Å². The fraction of sp³-hybridized carbons (Fsp3) is 0.333. The number of carbonyl (C=O) groups excluding carboxylic acids is 4. The fourth-order valence-corrected chi connectivity index (χ4v) is 3.68. The van der Waals surface area contributed by atoms with E-state index in [1.165, 1.54) is 32.2 Å². The van der Waals surface area contributed by atoms with Crippen molar-refractivity contribution in [2.75, 3.05) is 13.6 Å². The number of esters is 1. The second-order valence-electron chi connectivity index (χ2n) is 7.02. The summed E-state index contributed by atoms with van der Waals surface area (Å²) in [5, 5.41) is 5.22. The highest BCUT2D eigenvalue weighted by Gasteiger charge is 2.29. The zero-order valence-electron chi connectivity index (χ0n) is 17.5. The van der Waals surface area contributed by atoms with Gasteiger partial charge in [0.15, 0.2) is 17.3 Å². The maximum absolute atomic E-state index is 12.3. The van der Waals surface area contributed by atoms with Crippen LogP contribution in [0.15, 0.2) is 33.9 Å². The summed E-state index contributed by atoms with van der Waals surface area (Å²) in [6.07, 6.45) is 0.756. The third-order valence-electron chi connectivity index (χ3n) is 4.67. The Labute approximate surface area is 193 Å². The summed E-state index contributed by atoms with van der Waals surface area (Å²) in [6.45, 7) is 2.86. The third kappa shape index (κ3) is 5.05. The number of hydrazone groups is 1. The van der Waals surface area contributed by atoms with Gasteiger partial charge in [0.25, 0.3) is 0 Å². The molecule has 2 heterocycles.